The smallest absolute Gasteiger partial charge is 0.271 e. The van der Waals surface area contributed by atoms with Gasteiger partial charge in [0.05, 0.1) is 16.9 Å². The summed E-state index contributed by atoms with van der Waals surface area (Å²) in [6.45, 7) is 2.30. The zero-order valence-electron chi connectivity index (χ0n) is 9.49. The Balaban J connectivity index is 2.02. The van der Waals surface area contributed by atoms with Gasteiger partial charge in [-0.3, -0.25) is 14.6 Å². The molecule has 0 aliphatic carbocycles. The third-order valence-corrected chi connectivity index (χ3v) is 2.66. The third kappa shape index (κ3) is 2.47. The predicted molar refractivity (Wildman–Crippen MR) is 62.7 cm³/mol. The van der Waals surface area contributed by atoms with Gasteiger partial charge < -0.3 is 5.32 Å². The maximum atomic E-state index is 11.7. The first kappa shape index (κ1) is 11.7. The Hall–Kier alpha value is -1.82. The van der Waals surface area contributed by atoms with Crippen molar-refractivity contribution in [1.29, 1.82) is 0 Å². The lowest BCUT2D eigenvalue weighted by atomic mass is 10.2. The molecular formula is C10H12ClN5O. The van der Waals surface area contributed by atoms with E-state index in [1.165, 1.54) is 6.20 Å². The first-order chi connectivity index (χ1) is 8.08. The number of halogens is 1. The molecule has 0 aliphatic rings. The summed E-state index contributed by atoms with van der Waals surface area (Å²) in [4.78, 5) is 11.7. The summed E-state index contributed by atoms with van der Waals surface area (Å²) >= 11 is 5.78. The molecule has 0 aliphatic heterocycles. The van der Waals surface area contributed by atoms with Crippen molar-refractivity contribution in [2.75, 3.05) is 0 Å². The van der Waals surface area contributed by atoms with E-state index in [4.69, 9.17) is 11.6 Å². The Kier molecular flexibility index (Phi) is 3.14. The summed E-state index contributed by atoms with van der Waals surface area (Å²) in [6.07, 6.45) is 3.26. The minimum absolute atomic E-state index is 0.271. The summed E-state index contributed by atoms with van der Waals surface area (Å²) in [5.41, 5.74) is 2.13. The number of hydrogen-bond acceptors (Lipinski definition) is 3. The van der Waals surface area contributed by atoms with E-state index in [2.05, 4.69) is 20.6 Å². The van der Waals surface area contributed by atoms with Crippen LogP contribution < -0.4 is 5.32 Å². The molecule has 17 heavy (non-hydrogen) atoms. The van der Waals surface area contributed by atoms with Crippen molar-refractivity contribution in [1.82, 2.24) is 25.3 Å². The largest absolute Gasteiger partial charge is 0.346 e. The van der Waals surface area contributed by atoms with Gasteiger partial charge in [-0.1, -0.05) is 11.6 Å². The second-order valence-electron chi connectivity index (χ2n) is 3.69. The fraction of sp³-hybridized carbons (Fsp3) is 0.300. The van der Waals surface area contributed by atoms with E-state index < -0.39 is 0 Å². The van der Waals surface area contributed by atoms with Gasteiger partial charge in [0, 0.05) is 25.4 Å². The van der Waals surface area contributed by atoms with Gasteiger partial charge in [-0.25, -0.2) is 0 Å². The number of aromatic amines is 1. The molecule has 0 radical (unpaired) electrons. The van der Waals surface area contributed by atoms with Crippen LogP contribution in [-0.2, 0) is 13.6 Å². The Morgan fingerprint density at radius 1 is 1.65 bits per heavy atom. The number of nitrogens with one attached hydrogen (secondary N) is 2. The number of carbonyl (C=O) groups is 1. The molecule has 6 nitrogen and oxygen atoms in total. The zero-order chi connectivity index (χ0) is 12.4. The lowest BCUT2D eigenvalue weighted by molar-refractivity contribution is 0.0946. The fourth-order valence-electron chi connectivity index (χ4n) is 1.52. The molecule has 2 rings (SSSR count). The topological polar surface area (TPSA) is 75.6 Å². The van der Waals surface area contributed by atoms with E-state index in [9.17, 15) is 4.79 Å². The van der Waals surface area contributed by atoms with Gasteiger partial charge in [-0.15, -0.1) is 0 Å². The molecule has 0 fully saturated rings. The number of H-pyrrole nitrogens is 1. The molecule has 2 aromatic rings. The lowest BCUT2D eigenvalue weighted by Gasteiger charge is -2.02. The van der Waals surface area contributed by atoms with Crippen molar-refractivity contribution < 1.29 is 4.79 Å². The van der Waals surface area contributed by atoms with Gasteiger partial charge in [0.1, 0.15) is 5.69 Å². The van der Waals surface area contributed by atoms with E-state index in [1.807, 2.05) is 20.2 Å². The van der Waals surface area contributed by atoms with E-state index >= 15 is 0 Å². The lowest BCUT2D eigenvalue weighted by Crippen LogP contribution is -2.23. The highest BCUT2D eigenvalue weighted by Crippen LogP contribution is 2.11. The van der Waals surface area contributed by atoms with Crippen LogP contribution in [-0.4, -0.2) is 25.9 Å². The molecule has 0 bridgehead atoms. The Morgan fingerprint density at radius 2 is 2.41 bits per heavy atom. The van der Waals surface area contributed by atoms with Gasteiger partial charge in [0.25, 0.3) is 5.91 Å². The SMILES string of the molecule is Cc1nn(C)cc1CNC(=O)c1[nH]ncc1Cl. The number of amides is 1. The normalized spacial score (nSPS) is 10.5. The number of carbonyl (C=O) groups excluding carboxylic acids is 1. The molecule has 7 heteroatoms. The fourth-order valence-corrected chi connectivity index (χ4v) is 1.69. The molecule has 0 saturated carbocycles. The minimum atomic E-state index is -0.282. The van der Waals surface area contributed by atoms with Crippen LogP contribution in [0.4, 0.5) is 0 Å². The van der Waals surface area contributed by atoms with Crippen LogP contribution in [0.5, 0.6) is 0 Å². The van der Waals surface area contributed by atoms with Gasteiger partial charge in [-0.05, 0) is 6.92 Å². The van der Waals surface area contributed by atoms with Crippen LogP contribution in [0, 0.1) is 6.92 Å². The number of aromatic nitrogens is 4. The average Bonchev–Trinajstić information content (AvgIpc) is 2.81. The van der Waals surface area contributed by atoms with Crippen molar-refractivity contribution in [3.05, 3.63) is 34.4 Å². The molecule has 2 heterocycles. The summed E-state index contributed by atoms with van der Waals surface area (Å²) in [6, 6.07) is 0. The number of aryl methyl sites for hydroxylation is 2. The van der Waals surface area contributed by atoms with Gasteiger partial charge in [0.15, 0.2) is 0 Å². The van der Waals surface area contributed by atoms with Crippen molar-refractivity contribution in [3.63, 3.8) is 0 Å². The maximum Gasteiger partial charge on any atom is 0.271 e. The molecule has 1 amide bonds. The van der Waals surface area contributed by atoms with Crippen molar-refractivity contribution >= 4 is 17.5 Å². The average molecular weight is 254 g/mol. The molecule has 0 atom stereocenters. The third-order valence-electron chi connectivity index (χ3n) is 2.37. The summed E-state index contributed by atoms with van der Waals surface area (Å²) < 4.78 is 1.71. The maximum absolute atomic E-state index is 11.7. The van der Waals surface area contributed by atoms with Crippen LogP contribution in [0.25, 0.3) is 0 Å². The first-order valence-electron chi connectivity index (χ1n) is 5.04. The van der Waals surface area contributed by atoms with Crippen LogP contribution in [0.1, 0.15) is 21.7 Å². The molecule has 0 aromatic carbocycles. The highest BCUT2D eigenvalue weighted by molar-refractivity contribution is 6.33. The van der Waals surface area contributed by atoms with Crippen LogP contribution in [0.2, 0.25) is 5.02 Å². The van der Waals surface area contributed by atoms with Gasteiger partial charge in [-0.2, -0.15) is 10.2 Å². The van der Waals surface area contributed by atoms with E-state index in [0.29, 0.717) is 11.6 Å². The van der Waals surface area contributed by atoms with Gasteiger partial charge in [0.2, 0.25) is 0 Å². The highest BCUT2D eigenvalue weighted by Gasteiger charge is 2.12. The highest BCUT2D eigenvalue weighted by atomic mass is 35.5. The van der Waals surface area contributed by atoms with Crippen LogP contribution in [0.15, 0.2) is 12.4 Å². The molecule has 2 N–H and O–H groups in total. The summed E-state index contributed by atoms with van der Waals surface area (Å²) in [5, 5.41) is 13.5. The van der Waals surface area contributed by atoms with Crippen molar-refractivity contribution in [2.24, 2.45) is 7.05 Å². The first-order valence-corrected chi connectivity index (χ1v) is 5.42. The standard InChI is InChI=1S/C10H12ClN5O/c1-6-7(5-16(2)15-6)3-12-10(17)9-8(11)4-13-14-9/h4-5H,3H2,1-2H3,(H,12,17)(H,13,14). The Bertz CT molecular complexity index is 545. The van der Waals surface area contributed by atoms with Crippen molar-refractivity contribution in [3.8, 4) is 0 Å². The number of hydrogen-bond donors (Lipinski definition) is 2. The molecule has 0 spiro atoms. The zero-order valence-corrected chi connectivity index (χ0v) is 10.2. The van der Waals surface area contributed by atoms with Crippen LogP contribution in [0.3, 0.4) is 0 Å². The van der Waals surface area contributed by atoms with Crippen LogP contribution >= 0.6 is 11.6 Å². The summed E-state index contributed by atoms with van der Waals surface area (Å²) in [5.74, 6) is -0.282. The molecular weight excluding hydrogens is 242 g/mol. The second-order valence-corrected chi connectivity index (χ2v) is 4.10. The Labute approximate surface area is 103 Å². The molecule has 90 valence electrons. The second kappa shape index (κ2) is 4.58. The number of rotatable bonds is 3. The Morgan fingerprint density at radius 3 is 2.94 bits per heavy atom. The summed E-state index contributed by atoms with van der Waals surface area (Å²) in [7, 11) is 1.84. The van der Waals surface area contributed by atoms with E-state index in [1.54, 1.807) is 4.68 Å². The molecule has 0 unspecified atom stereocenters. The van der Waals surface area contributed by atoms with Gasteiger partial charge >= 0.3 is 0 Å². The molecule has 2 aromatic heterocycles. The number of nitrogens with zero attached hydrogens (tertiary/aromatic N) is 3. The predicted octanol–water partition coefficient (Wildman–Crippen LogP) is 1.04. The quantitative estimate of drug-likeness (QED) is 0.858. The monoisotopic (exact) mass is 253 g/mol. The van der Waals surface area contributed by atoms with Crippen molar-refractivity contribution in [2.45, 2.75) is 13.5 Å². The minimum Gasteiger partial charge on any atom is -0.346 e. The van der Waals surface area contributed by atoms with E-state index in [-0.39, 0.29) is 11.6 Å². The molecule has 0 saturated heterocycles. The van der Waals surface area contributed by atoms with E-state index in [0.717, 1.165) is 11.3 Å².